The normalized spacial score (nSPS) is 13.6. The molecule has 0 aromatic heterocycles. The van der Waals surface area contributed by atoms with Crippen LogP contribution in [0.25, 0.3) is 0 Å². The summed E-state index contributed by atoms with van der Waals surface area (Å²) < 4.78 is 0. The van der Waals surface area contributed by atoms with Gasteiger partial charge in [0.05, 0.1) is 0 Å². The van der Waals surface area contributed by atoms with Crippen LogP contribution in [-0.4, -0.2) is 5.78 Å². The lowest BCUT2D eigenvalue weighted by atomic mass is 10.1. The molecule has 2 aromatic rings. The van der Waals surface area contributed by atoms with Crippen molar-refractivity contribution in [2.75, 3.05) is 0 Å². The Kier molecular flexibility index (Phi) is 3.63. The summed E-state index contributed by atoms with van der Waals surface area (Å²) in [6.07, 6.45) is 1.47. The number of fused-ring (bicyclic) bond motifs is 1. The molecule has 0 fully saturated rings. The number of carbonyl (C=O) groups excluding carboxylic acids is 1. The van der Waals surface area contributed by atoms with Gasteiger partial charge < -0.3 is 0 Å². The Balaban J connectivity index is 1.86. The zero-order valence-electron chi connectivity index (χ0n) is 10.4. The first-order chi connectivity index (χ1) is 9.24. The zero-order chi connectivity index (χ0) is 13.2. The average molecular weight is 289 g/mol. The van der Waals surface area contributed by atoms with Gasteiger partial charge in [-0.05, 0) is 29.7 Å². The molecule has 0 heterocycles. The zero-order valence-corrected chi connectivity index (χ0v) is 11.9. The Bertz CT molecular complexity index is 622. The van der Waals surface area contributed by atoms with Crippen LogP contribution in [0.3, 0.4) is 0 Å². The molecular weight excluding hydrogens is 276 g/mol. The summed E-state index contributed by atoms with van der Waals surface area (Å²) in [5.41, 5.74) is 3.28. The first-order valence-corrected chi connectivity index (χ1v) is 7.63. The molecule has 3 rings (SSSR count). The molecule has 3 heteroatoms. The Morgan fingerprint density at radius 3 is 2.68 bits per heavy atom. The molecular formula is C16H13ClOS. The highest BCUT2D eigenvalue weighted by Gasteiger charge is 2.23. The number of carbonyl (C=O) groups is 1. The lowest BCUT2D eigenvalue weighted by molar-refractivity contribution is 0.0994. The summed E-state index contributed by atoms with van der Waals surface area (Å²) in [6.45, 7) is 0. The molecule has 0 atom stereocenters. The van der Waals surface area contributed by atoms with Gasteiger partial charge in [0.1, 0.15) is 0 Å². The molecule has 2 aromatic carbocycles. The molecule has 0 saturated carbocycles. The van der Waals surface area contributed by atoms with Crippen LogP contribution >= 0.6 is 23.4 Å². The van der Waals surface area contributed by atoms with Crippen LogP contribution in [0.1, 0.15) is 27.9 Å². The number of hydrogen-bond donors (Lipinski definition) is 0. The molecule has 0 spiro atoms. The van der Waals surface area contributed by atoms with Crippen LogP contribution < -0.4 is 0 Å². The van der Waals surface area contributed by atoms with E-state index in [9.17, 15) is 4.79 Å². The third-order valence-electron chi connectivity index (χ3n) is 3.31. The number of rotatable bonds is 3. The number of benzene rings is 2. The van der Waals surface area contributed by atoms with Gasteiger partial charge in [0, 0.05) is 27.7 Å². The Hall–Kier alpha value is -1.25. The van der Waals surface area contributed by atoms with Crippen molar-refractivity contribution in [2.45, 2.75) is 23.5 Å². The van der Waals surface area contributed by atoms with Gasteiger partial charge in [0.25, 0.3) is 0 Å². The van der Waals surface area contributed by atoms with Crippen LogP contribution in [0.15, 0.2) is 47.4 Å². The monoisotopic (exact) mass is 288 g/mol. The van der Waals surface area contributed by atoms with Crippen molar-refractivity contribution in [3.8, 4) is 0 Å². The third kappa shape index (κ3) is 2.70. The first kappa shape index (κ1) is 12.8. The van der Waals surface area contributed by atoms with Gasteiger partial charge in [-0.1, -0.05) is 41.9 Å². The minimum absolute atomic E-state index is 0.221. The van der Waals surface area contributed by atoms with Crippen molar-refractivity contribution in [2.24, 2.45) is 0 Å². The number of halogens is 1. The van der Waals surface area contributed by atoms with Crippen molar-refractivity contribution < 1.29 is 4.79 Å². The largest absolute Gasteiger partial charge is 0.294 e. The molecule has 0 bridgehead atoms. The summed E-state index contributed by atoms with van der Waals surface area (Å²) >= 11 is 7.87. The summed E-state index contributed by atoms with van der Waals surface area (Å²) in [4.78, 5) is 12.9. The maximum Gasteiger partial charge on any atom is 0.163 e. The summed E-state index contributed by atoms with van der Waals surface area (Å²) in [6, 6.07) is 14.1. The molecule has 0 radical (unpaired) electrons. The SMILES string of the molecule is O=C1CCc2c(SCc3ccccc3)cc(Cl)cc21. The van der Waals surface area contributed by atoms with Gasteiger partial charge in [0.15, 0.2) is 5.78 Å². The van der Waals surface area contributed by atoms with E-state index in [2.05, 4.69) is 12.1 Å². The second-order valence-corrected chi connectivity index (χ2v) is 6.08. The van der Waals surface area contributed by atoms with E-state index in [4.69, 9.17) is 11.6 Å². The van der Waals surface area contributed by atoms with E-state index in [1.54, 1.807) is 17.8 Å². The molecule has 96 valence electrons. The lowest BCUT2D eigenvalue weighted by Gasteiger charge is -2.08. The molecule has 0 unspecified atom stereocenters. The minimum Gasteiger partial charge on any atom is -0.294 e. The van der Waals surface area contributed by atoms with E-state index in [0.717, 1.165) is 22.6 Å². The van der Waals surface area contributed by atoms with Crippen LogP contribution in [0, 0.1) is 0 Å². The van der Waals surface area contributed by atoms with E-state index < -0.39 is 0 Å². The number of hydrogen-bond acceptors (Lipinski definition) is 2. The fraction of sp³-hybridized carbons (Fsp3) is 0.188. The highest BCUT2D eigenvalue weighted by atomic mass is 35.5. The molecule has 0 aliphatic heterocycles. The fourth-order valence-electron chi connectivity index (χ4n) is 2.36. The Morgan fingerprint density at radius 1 is 1.11 bits per heavy atom. The molecule has 0 amide bonds. The number of Topliss-reactive ketones (excluding diaryl/α,β-unsaturated/α-hetero) is 1. The van der Waals surface area contributed by atoms with E-state index >= 15 is 0 Å². The smallest absolute Gasteiger partial charge is 0.163 e. The lowest BCUT2D eigenvalue weighted by Crippen LogP contribution is -1.92. The summed E-state index contributed by atoms with van der Waals surface area (Å²) in [5, 5.41) is 0.657. The van der Waals surface area contributed by atoms with Crippen LogP contribution in [0.5, 0.6) is 0 Å². The molecule has 19 heavy (non-hydrogen) atoms. The maximum atomic E-state index is 11.8. The molecule has 0 saturated heterocycles. The first-order valence-electron chi connectivity index (χ1n) is 6.26. The van der Waals surface area contributed by atoms with Gasteiger partial charge in [-0.2, -0.15) is 0 Å². The Morgan fingerprint density at radius 2 is 1.89 bits per heavy atom. The van der Waals surface area contributed by atoms with Crippen molar-refractivity contribution in [3.05, 3.63) is 64.2 Å². The number of thioether (sulfide) groups is 1. The molecule has 1 aliphatic rings. The highest BCUT2D eigenvalue weighted by Crippen LogP contribution is 2.36. The van der Waals surface area contributed by atoms with E-state index in [1.165, 1.54) is 11.1 Å². The maximum absolute atomic E-state index is 11.8. The van der Waals surface area contributed by atoms with Gasteiger partial charge in [-0.3, -0.25) is 4.79 Å². The molecule has 1 nitrogen and oxygen atoms in total. The second-order valence-electron chi connectivity index (χ2n) is 4.63. The standard InChI is InChI=1S/C16H13ClOS/c17-12-8-14-13(6-7-15(14)18)16(9-12)19-10-11-4-2-1-3-5-11/h1-5,8-9H,6-7,10H2. The average Bonchev–Trinajstić information content (AvgIpc) is 2.79. The topological polar surface area (TPSA) is 17.1 Å². The molecule has 1 aliphatic carbocycles. The number of ketones is 1. The Labute approximate surface area is 122 Å². The fourth-order valence-corrected chi connectivity index (χ4v) is 3.75. The van der Waals surface area contributed by atoms with Gasteiger partial charge in [0.2, 0.25) is 0 Å². The van der Waals surface area contributed by atoms with E-state index in [-0.39, 0.29) is 5.78 Å². The van der Waals surface area contributed by atoms with Crippen molar-refractivity contribution in [3.63, 3.8) is 0 Å². The third-order valence-corrected chi connectivity index (χ3v) is 4.68. The van der Waals surface area contributed by atoms with Crippen LogP contribution in [-0.2, 0) is 12.2 Å². The van der Waals surface area contributed by atoms with Crippen molar-refractivity contribution in [1.29, 1.82) is 0 Å². The van der Waals surface area contributed by atoms with Crippen LogP contribution in [0.2, 0.25) is 5.02 Å². The predicted molar refractivity (Wildman–Crippen MR) is 80.1 cm³/mol. The minimum atomic E-state index is 0.221. The summed E-state index contributed by atoms with van der Waals surface area (Å²) in [7, 11) is 0. The quantitative estimate of drug-likeness (QED) is 0.757. The van der Waals surface area contributed by atoms with Gasteiger partial charge in [-0.25, -0.2) is 0 Å². The predicted octanol–water partition coefficient (Wildman–Crippen LogP) is 4.76. The summed E-state index contributed by atoms with van der Waals surface area (Å²) in [5.74, 6) is 1.13. The van der Waals surface area contributed by atoms with Gasteiger partial charge >= 0.3 is 0 Å². The molecule has 0 N–H and O–H groups in total. The van der Waals surface area contributed by atoms with Crippen LogP contribution in [0.4, 0.5) is 0 Å². The second kappa shape index (κ2) is 5.40. The highest BCUT2D eigenvalue weighted by molar-refractivity contribution is 7.98. The van der Waals surface area contributed by atoms with E-state index in [1.807, 2.05) is 24.3 Å². The van der Waals surface area contributed by atoms with Crippen molar-refractivity contribution >= 4 is 29.1 Å². The van der Waals surface area contributed by atoms with Crippen molar-refractivity contribution in [1.82, 2.24) is 0 Å². The van der Waals surface area contributed by atoms with Gasteiger partial charge in [-0.15, -0.1) is 11.8 Å². The van der Waals surface area contributed by atoms with E-state index in [0.29, 0.717) is 11.4 Å².